The number of carbonyl (C=O) groups is 1. The van der Waals surface area contributed by atoms with Gasteiger partial charge < -0.3 is 15.2 Å². The van der Waals surface area contributed by atoms with E-state index in [1.165, 1.54) is 0 Å². The van der Waals surface area contributed by atoms with Crippen LogP contribution in [0.3, 0.4) is 0 Å². The minimum Gasteiger partial charge on any atom is -0.463 e. The molecule has 0 aromatic heterocycles. The average molecular weight is 265 g/mol. The van der Waals surface area contributed by atoms with Crippen molar-refractivity contribution in [3.63, 3.8) is 0 Å². The van der Waals surface area contributed by atoms with Crippen LogP contribution in [0, 0.1) is 0 Å². The minimum absolute atomic E-state index is 0.193. The Bertz CT molecular complexity index is 354. The topological polar surface area (TPSA) is 61.5 Å². The van der Waals surface area contributed by atoms with Crippen LogP contribution in [-0.2, 0) is 14.3 Å². The maximum Gasteiger partial charge on any atom is 0.307 e. The molecule has 0 spiro atoms. The van der Waals surface area contributed by atoms with Gasteiger partial charge in [0.15, 0.2) is 0 Å². The predicted molar refractivity (Wildman–Crippen MR) is 74.7 cm³/mol. The zero-order valence-corrected chi connectivity index (χ0v) is 11.5. The second-order valence-corrected chi connectivity index (χ2v) is 4.41. The van der Waals surface area contributed by atoms with Crippen molar-refractivity contribution in [1.82, 2.24) is 0 Å². The summed E-state index contributed by atoms with van der Waals surface area (Å²) in [5, 5.41) is 0. The first-order chi connectivity index (χ1) is 9.24. The molecule has 0 fully saturated rings. The third kappa shape index (κ3) is 6.94. The number of benzene rings is 1. The van der Waals surface area contributed by atoms with Crippen LogP contribution in [0.15, 0.2) is 30.3 Å². The number of rotatable bonds is 9. The summed E-state index contributed by atoms with van der Waals surface area (Å²) in [4.78, 5) is 11.6. The Balaban J connectivity index is 2.14. The van der Waals surface area contributed by atoms with Gasteiger partial charge in [-0.1, -0.05) is 43.7 Å². The first kappa shape index (κ1) is 15.7. The van der Waals surface area contributed by atoms with Gasteiger partial charge in [0, 0.05) is 12.6 Å². The number of hydrogen-bond donors (Lipinski definition) is 1. The van der Waals surface area contributed by atoms with Gasteiger partial charge in [0.25, 0.3) is 0 Å². The van der Waals surface area contributed by atoms with Crippen molar-refractivity contribution >= 4 is 5.97 Å². The van der Waals surface area contributed by atoms with E-state index in [1.54, 1.807) is 0 Å². The lowest BCUT2D eigenvalue weighted by molar-refractivity contribution is -0.145. The second kappa shape index (κ2) is 9.53. The Morgan fingerprint density at radius 1 is 1.21 bits per heavy atom. The molecule has 0 saturated heterocycles. The van der Waals surface area contributed by atoms with Crippen molar-refractivity contribution in [3.05, 3.63) is 35.9 Å². The Morgan fingerprint density at radius 2 is 1.95 bits per heavy atom. The number of carbonyl (C=O) groups excluding carboxylic acids is 1. The molecule has 4 heteroatoms. The predicted octanol–water partition coefficient (Wildman–Crippen LogP) is 2.44. The maximum atomic E-state index is 11.6. The summed E-state index contributed by atoms with van der Waals surface area (Å²) in [6, 6.07) is 9.24. The molecular formula is C15H23NO3. The highest BCUT2D eigenvalue weighted by atomic mass is 16.6. The average Bonchev–Trinajstić information content (AvgIpc) is 2.43. The summed E-state index contributed by atoms with van der Waals surface area (Å²) in [6.07, 6.45) is 2.33. The third-order valence-electron chi connectivity index (χ3n) is 2.75. The lowest BCUT2D eigenvalue weighted by Crippen LogP contribution is -2.18. The fourth-order valence-electron chi connectivity index (χ4n) is 1.62. The molecule has 0 amide bonds. The SMILES string of the molecule is CCCCOCCOC(=O)CC(N)c1ccccc1. The van der Waals surface area contributed by atoms with Gasteiger partial charge in [0.1, 0.15) is 6.61 Å². The normalized spacial score (nSPS) is 12.1. The molecule has 0 bridgehead atoms. The van der Waals surface area contributed by atoms with Crippen molar-refractivity contribution in [2.24, 2.45) is 5.73 Å². The van der Waals surface area contributed by atoms with Crippen molar-refractivity contribution in [3.8, 4) is 0 Å². The smallest absolute Gasteiger partial charge is 0.307 e. The van der Waals surface area contributed by atoms with Crippen molar-refractivity contribution in [1.29, 1.82) is 0 Å². The molecular weight excluding hydrogens is 242 g/mol. The van der Waals surface area contributed by atoms with E-state index in [1.807, 2.05) is 30.3 Å². The lowest BCUT2D eigenvalue weighted by Gasteiger charge is -2.11. The first-order valence-electron chi connectivity index (χ1n) is 6.78. The Morgan fingerprint density at radius 3 is 2.63 bits per heavy atom. The van der Waals surface area contributed by atoms with E-state index in [9.17, 15) is 4.79 Å². The van der Waals surface area contributed by atoms with Crippen LogP contribution in [-0.4, -0.2) is 25.8 Å². The molecule has 0 saturated carbocycles. The van der Waals surface area contributed by atoms with E-state index in [0.29, 0.717) is 13.2 Å². The molecule has 1 aromatic carbocycles. The Kier molecular flexibility index (Phi) is 7.86. The fraction of sp³-hybridized carbons (Fsp3) is 0.533. The number of unbranched alkanes of at least 4 members (excludes halogenated alkanes) is 1. The largest absolute Gasteiger partial charge is 0.463 e. The van der Waals surface area contributed by atoms with E-state index in [0.717, 1.165) is 25.0 Å². The first-order valence-corrected chi connectivity index (χ1v) is 6.78. The maximum absolute atomic E-state index is 11.6. The molecule has 4 nitrogen and oxygen atoms in total. The molecule has 0 radical (unpaired) electrons. The minimum atomic E-state index is -0.310. The van der Waals surface area contributed by atoms with Gasteiger partial charge >= 0.3 is 5.97 Å². The highest BCUT2D eigenvalue weighted by molar-refractivity contribution is 5.70. The monoisotopic (exact) mass is 265 g/mol. The second-order valence-electron chi connectivity index (χ2n) is 4.41. The molecule has 19 heavy (non-hydrogen) atoms. The number of nitrogens with two attached hydrogens (primary N) is 1. The fourth-order valence-corrected chi connectivity index (χ4v) is 1.62. The van der Waals surface area contributed by atoms with Crippen LogP contribution in [0.4, 0.5) is 0 Å². The molecule has 0 aliphatic heterocycles. The van der Waals surface area contributed by atoms with Crippen LogP contribution < -0.4 is 5.73 Å². The lowest BCUT2D eigenvalue weighted by atomic mass is 10.1. The highest BCUT2D eigenvalue weighted by Gasteiger charge is 2.12. The Labute approximate surface area is 114 Å². The number of esters is 1. The standard InChI is InChI=1S/C15H23NO3/c1-2-3-9-18-10-11-19-15(17)12-14(16)13-7-5-4-6-8-13/h4-8,14H,2-3,9-12,16H2,1H3. The van der Waals surface area contributed by atoms with Crippen molar-refractivity contribution in [2.45, 2.75) is 32.2 Å². The molecule has 106 valence electrons. The molecule has 1 aromatic rings. The zero-order chi connectivity index (χ0) is 13.9. The van der Waals surface area contributed by atoms with E-state index < -0.39 is 0 Å². The molecule has 0 heterocycles. The molecule has 1 atom stereocenters. The molecule has 1 unspecified atom stereocenters. The summed E-state index contributed by atoms with van der Waals surface area (Å²) in [5.41, 5.74) is 6.88. The van der Waals surface area contributed by atoms with Gasteiger partial charge in [-0.15, -0.1) is 0 Å². The number of ether oxygens (including phenoxy) is 2. The summed E-state index contributed by atoms with van der Waals surface area (Å²) < 4.78 is 10.4. The van der Waals surface area contributed by atoms with E-state index in [4.69, 9.17) is 15.2 Å². The summed E-state index contributed by atoms with van der Waals surface area (Å²) in [7, 11) is 0. The molecule has 1 rings (SSSR count). The molecule has 2 N–H and O–H groups in total. The van der Waals surface area contributed by atoms with Crippen LogP contribution in [0.5, 0.6) is 0 Å². The van der Waals surface area contributed by atoms with E-state index >= 15 is 0 Å². The van der Waals surface area contributed by atoms with Gasteiger partial charge in [-0.3, -0.25) is 4.79 Å². The van der Waals surface area contributed by atoms with Crippen LogP contribution in [0.2, 0.25) is 0 Å². The summed E-state index contributed by atoms with van der Waals surface area (Å²) in [5.74, 6) is -0.282. The molecule has 0 aliphatic rings. The summed E-state index contributed by atoms with van der Waals surface area (Å²) >= 11 is 0. The van der Waals surface area contributed by atoms with Crippen molar-refractivity contribution < 1.29 is 14.3 Å². The van der Waals surface area contributed by atoms with Gasteiger partial charge in [-0.25, -0.2) is 0 Å². The van der Waals surface area contributed by atoms with Gasteiger partial charge in [0.2, 0.25) is 0 Å². The zero-order valence-electron chi connectivity index (χ0n) is 11.5. The van der Waals surface area contributed by atoms with E-state index in [2.05, 4.69) is 6.92 Å². The van der Waals surface area contributed by atoms with Crippen molar-refractivity contribution in [2.75, 3.05) is 19.8 Å². The van der Waals surface area contributed by atoms with Gasteiger partial charge in [0.05, 0.1) is 13.0 Å². The molecule has 0 aliphatic carbocycles. The van der Waals surface area contributed by atoms with Crippen LogP contribution in [0.25, 0.3) is 0 Å². The highest BCUT2D eigenvalue weighted by Crippen LogP contribution is 2.13. The third-order valence-corrected chi connectivity index (χ3v) is 2.75. The number of hydrogen-bond acceptors (Lipinski definition) is 4. The quantitative estimate of drug-likeness (QED) is 0.550. The summed E-state index contributed by atoms with van der Waals surface area (Å²) in [6.45, 7) is 3.57. The van der Waals surface area contributed by atoms with Gasteiger partial charge in [-0.2, -0.15) is 0 Å². The van der Waals surface area contributed by atoms with Crippen LogP contribution in [0.1, 0.15) is 37.8 Å². The van der Waals surface area contributed by atoms with Gasteiger partial charge in [-0.05, 0) is 12.0 Å². The van der Waals surface area contributed by atoms with E-state index in [-0.39, 0.29) is 18.4 Å². The Hall–Kier alpha value is -1.39. The van der Waals surface area contributed by atoms with Crippen LogP contribution >= 0.6 is 0 Å².